The van der Waals surface area contributed by atoms with E-state index in [1.165, 1.54) is 11.0 Å². The Morgan fingerprint density at radius 2 is 2.08 bits per heavy atom. The van der Waals surface area contributed by atoms with Gasteiger partial charge in [0.1, 0.15) is 12.4 Å². The van der Waals surface area contributed by atoms with Gasteiger partial charge in [-0.2, -0.15) is 0 Å². The Labute approximate surface area is 142 Å². The summed E-state index contributed by atoms with van der Waals surface area (Å²) in [6, 6.07) is 14.2. The number of esters is 1. The highest BCUT2D eigenvalue weighted by Gasteiger charge is 2.32. The van der Waals surface area contributed by atoms with Crippen molar-refractivity contribution in [3.8, 4) is 5.69 Å². The van der Waals surface area contributed by atoms with Crippen LogP contribution in [-0.2, 0) is 9.53 Å². The van der Waals surface area contributed by atoms with Crippen molar-refractivity contribution >= 4 is 17.6 Å². The van der Waals surface area contributed by atoms with Crippen LogP contribution in [0.1, 0.15) is 28.4 Å². The molecule has 3 aromatic rings. The number of aromatic nitrogens is 4. The number of nitrogens with zero attached hydrogens (tertiary/aromatic N) is 4. The quantitative estimate of drug-likeness (QED) is 0.731. The molecule has 2 aromatic carbocycles. The van der Waals surface area contributed by atoms with Crippen LogP contribution in [0.25, 0.3) is 5.69 Å². The van der Waals surface area contributed by atoms with E-state index in [0.29, 0.717) is 11.3 Å². The Bertz CT molecular complexity index is 939. The Hall–Kier alpha value is -3.55. The predicted octanol–water partition coefficient (Wildman–Crippen LogP) is 1.90. The van der Waals surface area contributed by atoms with E-state index in [0.717, 1.165) is 11.3 Å². The molecular weight excluding hydrogens is 322 g/mol. The first kappa shape index (κ1) is 15.0. The molecule has 1 aliphatic rings. The van der Waals surface area contributed by atoms with E-state index in [2.05, 4.69) is 20.8 Å². The fraction of sp³-hybridized carbons (Fsp3) is 0.118. The summed E-state index contributed by atoms with van der Waals surface area (Å²) in [5.74, 6) is -0.641. The Kier molecular flexibility index (Phi) is 3.70. The molecule has 124 valence electrons. The molecule has 0 aliphatic carbocycles. The van der Waals surface area contributed by atoms with Gasteiger partial charge in [-0.25, -0.2) is 9.48 Å². The molecule has 25 heavy (non-hydrogen) atoms. The van der Waals surface area contributed by atoms with Crippen LogP contribution in [0.3, 0.4) is 0 Å². The Morgan fingerprint density at radius 1 is 1.20 bits per heavy atom. The number of benzene rings is 2. The number of fused-ring (bicyclic) bond motifs is 1. The maximum absolute atomic E-state index is 12.3. The molecule has 0 bridgehead atoms. The molecule has 0 saturated heterocycles. The van der Waals surface area contributed by atoms with Crippen LogP contribution in [0.4, 0.5) is 5.69 Å². The molecule has 0 fully saturated rings. The fourth-order valence-electron chi connectivity index (χ4n) is 2.76. The predicted molar refractivity (Wildman–Crippen MR) is 87.0 cm³/mol. The maximum Gasteiger partial charge on any atom is 0.339 e. The second-order valence-electron chi connectivity index (χ2n) is 5.54. The lowest BCUT2D eigenvalue weighted by molar-refractivity contribution is -0.118. The molecule has 1 N–H and O–H groups in total. The van der Waals surface area contributed by atoms with Crippen LogP contribution in [0.5, 0.6) is 0 Å². The number of hydrogen-bond acceptors (Lipinski definition) is 6. The van der Waals surface area contributed by atoms with Gasteiger partial charge in [-0.1, -0.05) is 24.3 Å². The van der Waals surface area contributed by atoms with Crippen molar-refractivity contribution in [2.45, 2.75) is 12.5 Å². The lowest BCUT2D eigenvalue weighted by Crippen LogP contribution is -2.16. The molecule has 1 amide bonds. The van der Waals surface area contributed by atoms with Crippen molar-refractivity contribution in [3.63, 3.8) is 0 Å². The zero-order chi connectivity index (χ0) is 17.2. The summed E-state index contributed by atoms with van der Waals surface area (Å²) in [5.41, 5.74) is 2.59. The van der Waals surface area contributed by atoms with Gasteiger partial charge in [0.25, 0.3) is 0 Å². The first-order valence-electron chi connectivity index (χ1n) is 7.64. The van der Waals surface area contributed by atoms with Gasteiger partial charge in [0, 0.05) is 11.3 Å². The SMILES string of the molecule is O=C(CC1OC(=O)c2ccccc21)Nc1cccc(-n2cnnn2)c1. The average Bonchev–Trinajstić information content (AvgIpc) is 3.25. The number of ether oxygens (including phenoxy) is 1. The highest BCUT2D eigenvalue weighted by Crippen LogP contribution is 2.33. The van der Waals surface area contributed by atoms with Crippen molar-refractivity contribution in [3.05, 3.63) is 66.0 Å². The highest BCUT2D eigenvalue weighted by atomic mass is 16.5. The summed E-state index contributed by atoms with van der Waals surface area (Å²) >= 11 is 0. The second kappa shape index (κ2) is 6.16. The first-order chi connectivity index (χ1) is 12.2. The Morgan fingerprint density at radius 3 is 2.92 bits per heavy atom. The minimum atomic E-state index is -0.564. The van der Waals surface area contributed by atoms with E-state index in [4.69, 9.17) is 4.74 Å². The van der Waals surface area contributed by atoms with Crippen molar-refractivity contribution in [1.82, 2.24) is 20.2 Å². The van der Waals surface area contributed by atoms with Crippen LogP contribution < -0.4 is 5.32 Å². The second-order valence-corrected chi connectivity index (χ2v) is 5.54. The third-order valence-electron chi connectivity index (χ3n) is 3.89. The normalized spacial score (nSPS) is 15.5. The molecule has 1 atom stereocenters. The van der Waals surface area contributed by atoms with Crippen LogP contribution in [0.2, 0.25) is 0 Å². The minimum absolute atomic E-state index is 0.0534. The number of hydrogen-bond donors (Lipinski definition) is 1. The Balaban J connectivity index is 1.47. The highest BCUT2D eigenvalue weighted by molar-refractivity contribution is 5.96. The van der Waals surface area contributed by atoms with Gasteiger partial charge >= 0.3 is 5.97 Å². The van der Waals surface area contributed by atoms with Crippen molar-refractivity contribution in [2.24, 2.45) is 0 Å². The van der Waals surface area contributed by atoms with E-state index < -0.39 is 12.1 Å². The van der Waals surface area contributed by atoms with Gasteiger partial charge in [-0.3, -0.25) is 4.79 Å². The standard InChI is InChI=1S/C17H13N5O3/c23-16(9-15-13-6-1-2-7-14(13)17(24)25-15)19-11-4-3-5-12(8-11)22-10-18-20-21-22/h1-8,10,15H,9H2,(H,19,23). The summed E-state index contributed by atoms with van der Waals surface area (Å²) in [5, 5.41) is 13.8. The number of carbonyl (C=O) groups is 2. The van der Waals surface area contributed by atoms with Crippen molar-refractivity contribution < 1.29 is 14.3 Å². The molecule has 1 aromatic heterocycles. The lowest BCUT2D eigenvalue weighted by atomic mass is 10.0. The largest absolute Gasteiger partial charge is 0.453 e. The van der Waals surface area contributed by atoms with E-state index in [-0.39, 0.29) is 12.3 Å². The maximum atomic E-state index is 12.3. The fourth-order valence-corrected chi connectivity index (χ4v) is 2.76. The molecular formula is C17H13N5O3. The number of cyclic esters (lactones) is 1. The van der Waals surface area contributed by atoms with Gasteiger partial charge in [0.2, 0.25) is 5.91 Å². The minimum Gasteiger partial charge on any atom is -0.453 e. The first-order valence-corrected chi connectivity index (χ1v) is 7.64. The number of anilines is 1. The van der Waals surface area contributed by atoms with Gasteiger partial charge < -0.3 is 10.1 Å². The zero-order valence-electron chi connectivity index (χ0n) is 13.0. The van der Waals surface area contributed by atoms with E-state index in [1.54, 1.807) is 36.4 Å². The van der Waals surface area contributed by atoms with Crippen LogP contribution in [-0.4, -0.2) is 32.1 Å². The molecule has 8 heteroatoms. The summed E-state index contributed by atoms with van der Waals surface area (Å²) in [7, 11) is 0. The molecule has 2 heterocycles. The van der Waals surface area contributed by atoms with Gasteiger partial charge in [-0.15, -0.1) is 5.10 Å². The molecule has 0 saturated carbocycles. The van der Waals surface area contributed by atoms with E-state index >= 15 is 0 Å². The third kappa shape index (κ3) is 2.97. The van der Waals surface area contributed by atoms with Crippen LogP contribution >= 0.6 is 0 Å². The van der Waals surface area contributed by atoms with Crippen molar-refractivity contribution in [1.29, 1.82) is 0 Å². The molecule has 4 rings (SSSR count). The summed E-state index contributed by atoms with van der Waals surface area (Å²) in [4.78, 5) is 24.1. The molecule has 0 radical (unpaired) electrons. The van der Waals surface area contributed by atoms with Crippen LogP contribution in [0, 0.1) is 0 Å². The summed E-state index contributed by atoms with van der Waals surface area (Å²) in [6.45, 7) is 0. The number of rotatable bonds is 4. The number of tetrazole rings is 1. The molecule has 0 spiro atoms. The van der Waals surface area contributed by atoms with Crippen LogP contribution in [0.15, 0.2) is 54.9 Å². The van der Waals surface area contributed by atoms with Gasteiger partial charge in [-0.05, 0) is 34.7 Å². The molecule has 1 unspecified atom stereocenters. The van der Waals surface area contributed by atoms with E-state index in [9.17, 15) is 9.59 Å². The number of nitrogens with one attached hydrogen (secondary N) is 1. The van der Waals surface area contributed by atoms with E-state index in [1.807, 2.05) is 12.1 Å². The topological polar surface area (TPSA) is 99.0 Å². The number of carbonyl (C=O) groups excluding carboxylic acids is 2. The molecule has 1 aliphatic heterocycles. The summed E-state index contributed by atoms with van der Waals surface area (Å²) in [6.07, 6.45) is 0.958. The van der Waals surface area contributed by atoms with Crippen molar-refractivity contribution in [2.75, 3.05) is 5.32 Å². The lowest BCUT2D eigenvalue weighted by Gasteiger charge is -2.11. The molecule has 8 nitrogen and oxygen atoms in total. The average molecular weight is 335 g/mol. The number of amides is 1. The monoisotopic (exact) mass is 335 g/mol. The van der Waals surface area contributed by atoms with Gasteiger partial charge in [0.15, 0.2) is 0 Å². The summed E-state index contributed by atoms with van der Waals surface area (Å²) < 4.78 is 6.78. The third-order valence-corrected chi connectivity index (χ3v) is 3.89. The van der Waals surface area contributed by atoms with Gasteiger partial charge in [0.05, 0.1) is 17.7 Å². The zero-order valence-corrected chi connectivity index (χ0v) is 13.0. The smallest absolute Gasteiger partial charge is 0.339 e.